The van der Waals surface area contributed by atoms with Gasteiger partial charge in [-0.15, -0.1) is 0 Å². The highest BCUT2D eigenvalue weighted by molar-refractivity contribution is 7.50. The van der Waals surface area contributed by atoms with E-state index in [4.69, 9.17) is 15.5 Å². The van der Waals surface area contributed by atoms with Crippen LogP contribution in [0.15, 0.2) is 54.6 Å². The molecule has 0 aliphatic heterocycles. The van der Waals surface area contributed by atoms with Crippen LogP contribution in [0.3, 0.4) is 0 Å². The molecule has 2 aromatic carbocycles. The highest BCUT2D eigenvalue weighted by Crippen LogP contribution is 2.38. The zero-order chi connectivity index (χ0) is 17.6. The van der Waals surface area contributed by atoms with Crippen molar-refractivity contribution in [3.63, 3.8) is 0 Å². The van der Waals surface area contributed by atoms with E-state index in [1.165, 1.54) is 0 Å². The lowest BCUT2D eigenvalue weighted by molar-refractivity contribution is -0.122. The maximum absolute atomic E-state index is 12.0. The Bertz CT molecular complexity index is 713. The number of benzene rings is 2. The molecule has 0 bridgehead atoms. The van der Waals surface area contributed by atoms with E-state index in [1.54, 1.807) is 24.3 Å². The van der Waals surface area contributed by atoms with Gasteiger partial charge in [0, 0.05) is 6.54 Å². The number of amides is 1. The van der Waals surface area contributed by atoms with E-state index >= 15 is 0 Å². The van der Waals surface area contributed by atoms with Gasteiger partial charge in [0.1, 0.15) is 0 Å². The van der Waals surface area contributed by atoms with E-state index in [0.29, 0.717) is 18.5 Å². The van der Waals surface area contributed by atoms with Crippen molar-refractivity contribution < 1.29 is 19.1 Å². The van der Waals surface area contributed by atoms with Gasteiger partial charge in [0.15, 0.2) is 0 Å². The summed E-state index contributed by atoms with van der Waals surface area (Å²) in [5.74, 6) is -0.238. The van der Waals surface area contributed by atoms with E-state index in [-0.39, 0.29) is 12.1 Å². The average Bonchev–Trinajstić information content (AvgIpc) is 2.54. The van der Waals surface area contributed by atoms with Gasteiger partial charge >= 0.3 is 7.60 Å². The maximum atomic E-state index is 12.0. The number of carbonyl (C=O) groups excluding carboxylic acids is 1. The van der Waals surface area contributed by atoms with E-state index < -0.39 is 13.6 Å². The predicted octanol–water partition coefficient (Wildman–Crippen LogP) is 1.55. The molecule has 0 spiro atoms. The molecular formula is C17H21N2O4P. The van der Waals surface area contributed by atoms with Crippen molar-refractivity contribution in [2.75, 3.05) is 0 Å². The van der Waals surface area contributed by atoms with Gasteiger partial charge in [0.05, 0.1) is 12.2 Å². The Kier molecular flexibility index (Phi) is 6.29. The molecule has 0 heterocycles. The Hall–Kier alpha value is -1.98. The molecule has 0 fully saturated rings. The van der Waals surface area contributed by atoms with Crippen molar-refractivity contribution in [2.24, 2.45) is 5.73 Å². The first kappa shape index (κ1) is 18.4. The molecule has 5 N–H and O–H groups in total. The normalized spacial score (nSPS) is 12.6. The quantitative estimate of drug-likeness (QED) is 0.567. The van der Waals surface area contributed by atoms with Crippen LogP contribution in [0, 0.1) is 0 Å². The van der Waals surface area contributed by atoms with Crippen LogP contribution in [0.1, 0.15) is 16.7 Å². The molecule has 0 saturated heterocycles. The second-order valence-corrected chi connectivity index (χ2v) is 7.30. The predicted molar refractivity (Wildman–Crippen MR) is 92.2 cm³/mol. The molecule has 0 aliphatic carbocycles. The first-order valence-corrected chi connectivity index (χ1v) is 9.33. The summed E-state index contributed by atoms with van der Waals surface area (Å²) in [4.78, 5) is 29.9. The van der Waals surface area contributed by atoms with E-state index in [2.05, 4.69) is 5.32 Å². The third kappa shape index (κ3) is 6.26. The average molecular weight is 348 g/mol. The van der Waals surface area contributed by atoms with Crippen LogP contribution in [-0.4, -0.2) is 21.7 Å². The van der Waals surface area contributed by atoms with Crippen molar-refractivity contribution >= 4 is 13.5 Å². The minimum atomic E-state index is -4.07. The second-order valence-electron chi connectivity index (χ2n) is 5.65. The van der Waals surface area contributed by atoms with Gasteiger partial charge in [0.2, 0.25) is 5.91 Å². The van der Waals surface area contributed by atoms with Gasteiger partial charge < -0.3 is 20.8 Å². The van der Waals surface area contributed by atoms with E-state index in [0.717, 1.165) is 11.1 Å². The summed E-state index contributed by atoms with van der Waals surface area (Å²) in [6.45, 7) is 0.425. The molecule has 128 valence electrons. The zero-order valence-corrected chi connectivity index (χ0v) is 14.0. The summed E-state index contributed by atoms with van der Waals surface area (Å²) >= 11 is 0. The molecule has 0 aliphatic rings. The lowest BCUT2D eigenvalue weighted by atomic mass is 10.0. The Balaban J connectivity index is 1.85. The minimum absolute atomic E-state index is 0.238. The van der Waals surface area contributed by atoms with E-state index in [9.17, 15) is 9.36 Å². The fourth-order valence-electron chi connectivity index (χ4n) is 2.28. The molecule has 1 amide bonds. The molecule has 2 rings (SSSR count). The Morgan fingerprint density at radius 2 is 1.58 bits per heavy atom. The monoisotopic (exact) mass is 348 g/mol. The van der Waals surface area contributed by atoms with Crippen molar-refractivity contribution in [1.29, 1.82) is 0 Å². The van der Waals surface area contributed by atoms with Crippen LogP contribution in [0.4, 0.5) is 0 Å². The van der Waals surface area contributed by atoms with Crippen molar-refractivity contribution in [1.82, 2.24) is 5.32 Å². The molecule has 1 atom stereocenters. The molecule has 0 aromatic heterocycles. The lowest BCUT2D eigenvalue weighted by Gasteiger charge is -2.13. The Morgan fingerprint density at radius 3 is 2.17 bits per heavy atom. The SMILES string of the molecule is NC(Cc1ccc(CP(=O)(O)O)cc1)C(=O)NCc1ccccc1. The topological polar surface area (TPSA) is 113 Å². The highest BCUT2D eigenvalue weighted by atomic mass is 31.2. The van der Waals surface area contributed by atoms with Crippen LogP contribution in [-0.2, 0) is 28.5 Å². The first-order chi connectivity index (χ1) is 11.3. The molecule has 0 saturated carbocycles. The van der Waals surface area contributed by atoms with Crippen LogP contribution < -0.4 is 11.1 Å². The van der Waals surface area contributed by atoms with Crippen molar-refractivity contribution in [3.8, 4) is 0 Å². The highest BCUT2D eigenvalue weighted by Gasteiger charge is 2.16. The van der Waals surface area contributed by atoms with Crippen LogP contribution in [0.2, 0.25) is 0 Å². The Morgan fingerprint density at radius 1 is 1.00 bits per heavy atom. The second kappa shape index (κ2) is 8.22. The number of hydrogen-bond acceptors (Lipinski definition) is 3. The molecule has 7 heteroatoms. The van der Waals surface area contributed by atoms with E-state index in [1.807, 2.05) is 30.3 Å². The fourth-order valence-corrected chi connectivity index (χ4v) is 2.97. The Labute approximate surface area is 140 Å². The van der Waals surface area contributed by atoms with Crippen LogP contribution in [0.5, 0.6) is 0 Å². The molecule has 1 unspecified atom stereocenters. The van der Waals surface area contributed by atoms with Gasteiger partial charge in [-0.3, -0.25) is 9.36 Å². The summed E-state index contributed by atoms with van der Waals surface area (Å²) < 4.78 is 11.0. The first-order valence-electron chi connectivity index (χ1n) is 7.53. The fraction of sp³-hybridized carbons (Fsp3) is 0.235. The maximum Gasteiger partial charge on any atom is 0.329 e. The molecular weight excluding hydrogens is 327 g/mol. The number of carbonyl (C=O) groups is 1. The van der Waals surface area contributed by atoms with Crippen LogP contribution in [0.25, 0.3) is 0 Å². The third-order valence-electron chi connectivity index (χ3n) is 3.51. The molecule has 6 nitrogen and oxygen atoms in total. The number of nitrogens with two attached hydrogens (primary N) is 1. The molecule has 24 heavy (non-hydrogen) atoms. The summed E-state index contributed by atoms with van der Waals surface area (Å²) in [7, 11) is -4.07. The standard InChI is InChI=1S/C17H21N2O4P/c18-16(17(20)19-11-14-4-2-1-3-5-14)10-13-6-8-15(9-7-13)12-24(21,22)23/h1-9,16H,10-12,18H2,(H,19,20)(H2,21,22,23). The number of hydrogen-bond donors (Lipinski definition) is 4. The minimum Gasteiger partial charge on any atom is -0.351 e. The van der Waals surface area contributed by atoms with Crippen LogP contribution >= 0.6 is 7.60 Å². The summed E-state index contributed by atoms with van der Waals surface area (Å²) in [5, 5.41) is 2.79. The molecule has 2 aromatic rings. The number of nitrogens with one attached hydrogen (secondary N) is 1. The zero-order valence-electron chi connectivity index (χ0n) is 13.1. The molecule has 0 radical (unpaired) electrons. The lowest BCUT2D eigenvalue weighted by Crippen LogP contribution is -2.41. The van der Waals surface area contributed by atoms with Gasteiger partial charge in [0.25, 0.3) is 0 Å². The number of rotatable bonds is 7. The summed E-state index contributed by atoms with van der Waals surface area (Å²) in [6, 6.07) is 15.6. The van der Waals surface area contributed by atoms with Gasteiger partial charge in [-0.2, -0.15) is 0 Å². The smallest absolute Gasteiger partial charge is 0.329 e. The largest absolute Gasteiger partial charge is 0.351 e. The van der Waals surface area contributed by atoms with Gasteiger partial charge in [-0.05, 0) is 23.1 Å². The third-order valence-corrected chi connectivity index (χ3v) is 4.29. The van der Waals surface area contributed by atoms with Gasteiger partial charge in [-0.25, -0.2) is 0 Å². The van der Waals surface area contributed by atoms with Crippen molar-refractivity contribution in [2.45, 2.75) is 25.2 Å². The summed E-state index contributed by atoms with van der Waals surface area (Å²) in [5.41, 5.74) is 8.31. The van der Waals surface area contributed by atoms with Crippen molar-refractivity contribution in [3.05, 3.63) is 71.3 Å². The summed E-state index contributed by atoms with van der Waals surface area (Å²) in [6.07, 6.45) is 0.0632. The van der Waals surface area contributed by atoms with Gasteiger partial charge in [-0.1, -0.05) is 54.6 Å².